The van der Waals surface area contributed by atoms with Gasteiger partial charge < -0.3 is 20.6 Å². The maximum atomic E-state index is 13.1. The van der Waals surface area contributed by atoms with E-state index in [0.29, 0.717) is 0 Å². The van der Waals surface area contributed by atoms with Crippen LogP contribution in [0.25, 0.3) is 0 Å². The summed E-state index contributed by atoms with van der Waals surface area (Å²) < 4.78 is 39.2. The predicted octanol–water partition coefficient (Wildman–Crippen LogP) is 1.48. The van der Waals surface area contributed by atoms with E-state index < -0.39 is 49.0 Å². The lowest BCUT2D eigenvalue weighted by Crippen LogP contribution is -2.50. The number of hydrogen-bond acceptors (Lipinski definition) is 3. The Morgan fingerprint density at radius 1 is 1.16 bits per heavy atom. The molecule has 0 spiro atoms. The van der Waals surface area contributed by atoms with Crippen molar-refractivity contribution in [3.05, 3.63) is 0 Å². The van der Waals surface area contributed by atoms with Gasteiger partial charge in [-0.2, -0.15) is 13.2 Å². The van der Waals surface area contributed by atoms with Gasteiger partial charge in [0.15, 0.2) is 5.41 Å². The summed E-state index contributed by atoms with van der Waals surface area (Å²) in [6, 6.07) is -0.500. The van der Waals surface area contributed by atoms with Gasteiger partial charge in [0.05, 0.1) is 6.54 Å². The topological polar surface area (TPSA) is 98.7 Å². The summed E-state index contributed by atoms with van der Waals surface area (Å²) in [5, 5.41) is 14.0. The number of nitrogens with zero attached hydrogens (tertiary/aromatic N) is 1. The van der Waals surface area contributed by atoms with Crippen LogP contribution in [-0.4, -0.2) is 59.8 Å². The fourth-order valence-corrected chi connectivity index (χ4v) is 3.30. The molecule has 1 unspecified atom stereocenters. The van der Waals surface area contributed by atoms with Gasteiger partial charge in [-0.1, -0.05) is 19.3 Å². The molecule has 0 bridgehead atoms. The molecule has 10 heteroatoms. The van der Waals surface area contributed by atoms with Gasteiger partial charge in [-0.25, -0.2) is 4.79 Å². The average Bonchev–Trinajstić information content (AvgIpc) is 3.00. The summed E-state index contributed by atoms with van der Waals surface area (Å²) in [6.07, 6.45) is -0.748. The highest BCUT2D eigenvalue weighted by Crippen LogP contribution is 2.45. The highest BCUT2D eigenvalue weighted by Gasteiger charge is 2.64. The molecule has 142 valence electrons. The highest BCUT2D eigenvalue weighted by molar-refractivity contribution is 5.85. The number of alkyl halides is 3. The lowest BCUT2D eigenvalue weighted by molar-refractivity contribution is -0.227. The zero-order valence-corrected chi connectivity index (χ0v) is 13.7. The first kappa shape index (κ1) is 19.3. The molecule has 1 saturated carbocycles. The third-order valence-corrected chi connectivity index (χ3v) is 4.91. The smallest absolute Gasteiger partial charge is 0.406 e. The number of carbonyl (C=O) groups is 3. The second-order valence-electron chi connectivity index (χ2n) is 6.61. The molecule has 3 amide bonds. The SMILES string of the molecule is O=C(NCC(=O)N1CCC(C(=O)O)(C(F)(F)F)C1)NC1CCCCC1. The molecule has 0 aromatic heterocycles. The monoisotopic (exact) mass is 365 g/mol. The fourth-order valence-electron chi connectivity index (χ4n) is 3.30. The first-order valence-electron chi connectivity index (χ1n) is 8.28. The lowest BCUT2D eigenvalue weighted by atomic mass is 9.86. The van der Waals surface area contributed by atoms with Crippen molar-refractivity contribution in [2.24, 2.45) is 5.41 Å². The summed E-state index contributed by atoms with van der Waals surface area (Å²) >= 11 is 0. The molecule has 1 heterocycles. The maximum absolute atomic E-state index is 13.1. The van der Waals surface area contributed by atoms with Gasteiger partial charge in [-0.05, 0) is 19.3 Å². The van der Waals surface area contributed by atoms with Crippen molar-refractivity contribution in [3.63, 3.8) is 0 Å². The Hall–Kier alpha value is -2.00. The van der Waals surface area contributed by atoms with Gasteiger partial charge in [-0.3, -0.25) is 9.59 Å². The van der Waals surface area contributed by atoms with Gasteiger partial charge in [0.25, 0.3) is 0 Å². The largest absolute Gasteiger partial charge is 0.481 e. The van der Waals surface area contributed by atoms with Crippen LogP contribution >= 0.6 is 0 Å². The second kappa shape index (κ2) is 7.49. The van der Waals surface area contributed by atoms with Gasteiger partial charge in [0.2, 0.25) is 5.91 Å². The molecule has 1 aliphatic heterocycles. The Labute approximate surface area is 142 Å². The zero-order valence-electron chi connectivity index (χ0n) is 13.7. The number of nitrogens with one attached hydrogen (secondary N) is 2. The molecule has 25 heavy (non-hydrogen) atoms. The third kappa shape index (κ3) is 4.35. The quantitative estimate of drug-likeness (QED) is 0.703. The van der Waals surface area contributed by atoms with Crippen LogP contribution in [0, 0.1) is 5.41 Å². The third-order valence-electron chi connectivity index (χ3n) is 4.91. The molecule has 1 aliphatic carbocycles. The van der Waals surface area contributed by atoms with Gasteiger partial charge >= 0.3 is 18.2 Å². The number of carboxylic acids is 1. The Bertz CT molecular complexity index is 535. The minimum Gasteiger partial charge on any atom is -0.481 e. The Morgan fingerprint density at radius 3 is 2.32 bits per heavy atom. The molecular formula is C15H22F3N3O4. The predicted molar refractivity (Wildman–Crippen MR) is 80.7 cm³/mol. The van der Waals surface area contributed by atoms with Crippen LogP contribution in [0.2, 0.25) is 0 Å². The van der Waals surface area contributed by atoms with E-state index in [1.54, 1.807) is 0 Å². The van der Waals surface area contributed by atoms with E-state index in [0.717, 1.165) is 37.0 Å². The minimum absolute atomic E-state index is 0.0422. The van der Waals surface area contributed by atoms with Crippen LogP contribution in [0.3, 0.4) is 0 Å². The summed E-state index contributed by atoms with van der Waals surface area (Å²) in [5.74, 6) is -2.72. The number of halogens is 3. The number of hydrogen-bond donors (Lipinski definition) is 3. The Morgan fingerprint density at radius 2 is 1.80 bits per heavy atom. The first-order chi connectivity index (χ1) is 11.7. The molecule has 0 aromatic carbocycles. The van der Waals surface area contributed by atoms with E-state index in [2.05, 4.69) is 10.6 Å². The van der Waals surface area contributed by atoms with Crippen LogP contribution in [-0.2, 0) is 9.59 Å². The number of urea groups is 1. The molecule has 2 fully saturated rings. The van der Waals surface area contributed by atoms with E-state index in [1.165, 1.54) is 0 Å². The van der Waals surface area contributed by atoms with Crippen LogP contribution in [0.1, 0.15) is 38.5 Å². The molecule has 2 aliphatic rings. The normalized spacial score (nSPS) is 24.8. The Balaban J connectivity index is 1.83. The minimum atomic E-state index is -4.94. The van der Waals surface area contributed by atoms with Crippen molar-refractivity contribution in [1.82, 2.24) is 15.5 Å². The number of likely N-dealkylation sites (tertiary alicyclic amines) is 1. The summed E-state index contributed by atoms with van der Waals surface area (Å²) in [4.78, 5) is 35.7. The molecule has 3 N–H and O–H groups in total. The number of carboxylic acid groups (broad SMARTS) is 1. The van der Waals surface area contributed by atoms with Gasteiger partial charge in [0, 0.05) is 19.1 Å². The van der Waals surface area contributed by atoms with Crippen molar-refractivity contribution in [2.45, 2.75) is 50.7 Å². The summed E-state index contributed by atoms with van der Waals surface area (Å²) in [5.41, 5.74) is -2.94. The van der Waals surface area contributed by atoms with Crippen molar-refractivity contribution >= 4 is 17.9 Å². The second-order valence-corrected chi connectivity index (χ2v) is 6.61. The highest BCUT2D eigenvalue weighted by atomic mass is 19.4. The van der Waals surface area contributed by atoms with Gasteiger partial charge in [-0.15, -0.1) is 0 Å². The molecule has 1 atom stereocenters. The summed E-state index contributed by atoms with van der Waals surface area (Å²) in [7, 11) is 0. The Kier molecular flexibility index (Phi) is 5.79. The van der Waals surface area contributed by atoms with E-state index in [9.17, 15) is 27.6 Å². The van der Waals surface area contributed by atoms with Crippen LogP contribution in [0.15, 0.2) is 0 Å². The van der Waals surface area contributed by atoms with E-state index >= 15 is 0 Å². The fraction of sp³-hybridized carbons (Fsp3) is 0.800. The molecule has 1 saturated heterocycles. The number of amides is 3. The number of aliphatic carboxylic acids is 1. The zero-order chi connectivity index (χ0) is 18.7. The number of carbonyl (C=O) groups excluding carboxylic acids is 2. The van der Waals surface area contributed by atoms with Crippen molar-refractivity contribution in [1.29, 1.82) is 0 Å². The van der Waals surface area contributed by atoms with Crippen molar-refractivity contribution < 1.29 is 32.7 Å². The summed E-state index contributed by atoms with van der Waals surface area (Å²) in [6.45, 7) is -1.71. The maximum Gasteiger partial charge on any atom is 0.406 e. The standard InChI is InChI=1S/C15H22F3N3O4/c16-15(17,18)14(12(23)24)6-7-21(9-14)11(22)8-19-13(25)20-10-4-2-1-3-5-10/h10H,1-9H2,(H,23,24)(H2,19,20,25). The first-order valence-corrected chi connectivity index (χ1v) is 8.28. The molecular weight excluding hydrogens is 343 g/mol. The van der Waals surface area contributed by atoms with Crippen LogP contribution in [0.5, 0.6) is 0 Å². The van der Waals surface area contributed by atoms with Crippen LogP contribution < -0.4 is 10.6 Å². The van der Waals surface area contributed by atoms with E-state index in [1.807, 2.05) is 0 Å². The van der Waals surface area contributed by atoms with Gasteiger partial charge in [0.1, 0.15) is 0 Å². The molecule has 0 radical (unpaired) electrons. The van der Waals surface area contributed by atoms with Crippen molar-refractivity contribution in [3.8, 4) is 0 Å². The average molecular weight is 365 g/mol. The van der Waals surface area contributed by atoms with Crippen molar-refractivity contribution in [2.75, 3.05) is 19.6 Å². The molecule has 7 nitrogen and oxygen atoms in total. The number of rotatable bonds is 4. The molecule has 2 rings (SSSR count). The van der Waals surface area contributed by atoms with Crippen LogP contribution in [0.4, 0.5) is 18.0 Å². The lowest BCUT2D eigenvalue weighted by Gasteiger charge is -2.27. The van der Waals surface area contributed by atoms with E-state index in [4.69, 9.17) is 5.11 Å². The molecule has 0 aromatic rings. The van der Waals surface area contributed by atoms with E-state index in [-0.39, 0.29) is 12.6 Å².